The second kappa shape index (κ2) is 7.23. The molecule has 0 amide bonds. The van der Waals surface area contributed by atoms with Gasteiger partial charge in [0.25, 0.3) is 10.0 Å². The molecule has 0 saturated heterocycles. The molecule has 3 rings (SSSR count). The molecule has 1 aromatic heterocycles. The number of nitrogens with one attached hydrogen (secondary N) is 1. The van der Waals surface area contributed by atoms with Gasteiger partial charge in [0.15, 0.2) is 0 Å². The highest BCUT2D eigenvalue weighted by molar-refractivity contribution is 7.92. The van der Waals surface area contributed by atoms with E-state index in [1.165, 1.54) is 24.4 Å². The Hall–Kier alpha value is -3.15. The van der Waals surface area contributed by atoms with Crippen LogP contribution < -0.4 is 10.5 Å². The van der Waals surface area contributed by atoms with Crippen LogP contribution in [0.2, 0.25) is 5.02 Å². The molecule has 0 aliphatic rings. The summed E-state index contributed by atoms with van der Waals surface area (Å²) in [5.41, 5.74) is 8.01. The summed E-state index contributed by atoms with van der Waals surface area (Å²) in [7, 11) is -3.98. The predicted molar refractivity (Wildman–Crippen MR) is 104 cm³/mol. The first-order chi connectivity index (χ1) is 12.8. The largest absolute Gasteiger partial charge is 0.368 e. The number of hydrogen-bond donors (Lipinski definition) is 2. The zero-order valence-electron chi connectivity index (χ0n) is 14.1. The molecule has 0 spiro atoms. The number of nitrogen functional groups attached to an aromatic ring is 1. The highest BCUT2D eigenvalue weighted by Crippen LogP contribution is 2.30. The molecule has 7 nitrogen and oxygen atoms in total. The SMILES string of the molecule is Cc1nc(N)ncc1-c1ccc(Cl)c(S(=O)(=O)Nc2cccc(C#N)c2)c1. The van der Waals surface area contributed by atoms with Crippen molar-refractivity contribution in [1.82, 2.24) is 9.97 Å². The number of halogens is 1. The Labute approximate surface area is 161 Å². The van der Waals surface area contributed by atoms with Gasteiger partial charge in [-0.25, -0.2) is 18.4 Å². The van der Waals surface area contributed by atoms with E-state index in [0.29, 0.717) is 22.4 Å². The average molecular weight is 400 g/mol. The third-order valence-corrected chi connectivity index (χ3v) is 5.64. The molecule has 0 aliphatic heterocycles. The van der Waals surface area contributed by atoms with E-state index in [1.807, 2.05) is 6.07 Å². The number of aryl methyl sites for hydroxylation is 1. The van der Waals surface area contributed by atoms with Crippen LogP contribution in [-0.4, -0.2) is 18.4 Å². The summed E-state index contributed by atoms with van der Waals surface area (Å²) in [6.07, 6.45) is 1.53. The van der Waals surface area contributed by atoms with E-state index in [0.717, 1.165) is 0 Å². The molecule has 0 atom stereocenters. The summed E-state index contributed by atoms with van der Waals surface area (Å²) in [4.78, 5) is 7.95. The van der Waals surface area contributed by atoms with Crippen molar-refractivity contribution in [2.75, 3.05) is 10.5 Å². The zero-order chi connectivity index (χ0) is 19.6. The molecule has 3 N–H and O–H groups in total. The lowest BCUT2D eigenvalue weighted by Gasteiger charge is -2.12. The summed E-state index contributed by atoms with van der Waals surface area (Å²) >= 11 is 6.14. The van der Waals surface area contributed by atoms with E-state index in [-0.39, 0.29) is 21.6 Å². The van der Waals surface area contributed by atoms with Gasteiger partial charge in [0.05, 0.1) is 28.0 Å². The first-order valence-corrected chi connectivity index (χ1v) is 9.58. The number of nitrogens with zero attached hydrogens (tertiary/aromatic N) is 3. The first kappa shape index (κ1) is 18.6. The van der Waals surface area contributed by atoms with Crippen molar-refractivity contribution in [1.29, 1.82) is 5.26 Å². The number of aromatic nitrogens is 2. The molecular formula is C18H14ClN5O2S. The van der Waals surface area contributed by atoms with E-state index in [1.54, 1.807) is 31.2 Å². The molecule has 0 saturated carbocycles. The second-order valence-corrected chi connectivity index (χ2v) is 7.73. The van der Waals surface area contributed by atoms with Crippen LogP contribution in [0.5, 0.6) is 0 Å². The summed E-state index contributed by atoms with van der Waals surface area (Å²) < 4.78 is 28.1. The maximum Gasteiger partial charge on any atom is 0.263 e. The highest BCUT2D eigenvalue weighted by Gasteiger charge is 2.20. The van der Waals surface area contributed by atoms with Gasteiger partial charge in [-0.2, -0.15) is 5.26 Å². The Morgan fingerprint density at radius 1 is 1.22 bits per heavy atom. The van der Waals surface area contributed by atoms with Gasteiger partial charge in [-0.05, 0) is 42.8 Å². The van der Waals surface area contributed by atoms with Gasteiger partial charge in [0, 0.05) is 11.8 Å². The number of rotatable bonds is 4. The van der Waals surface area contributed by atoms with Gasteiger partial charge in [0.2, 0.25) is 5.95 Å². The van der Waals surface area contributed by atoms with Crippen molar-refractivity contribution in [2.24, 2.45) is 0 Å². The van der Waals surface area contributed by atoms with Crippen LogP contribution in [0.15, 0.2) is 53.6 Å². The Bertz CT molecular complexity index is 1170. The van der Waals surface area contributed by atoms with Crippen LogP contribution in [0.1, 0.15) is 11.3 Å². The molecule has 1 heterocycles. The molecule has 0 fully saturated rings. The fraction of sp³-hybridized carbons (Fsp3) is 0.0556. The van der Waals surface area contributed by atoms with Gasteiger partial charge in [-0.1, -0.05) is 23.7 Å². The third-order valence-electron chi connectivity index (χ3n) is 3.77. The molecule has 0 aliphatic carbocycles. The molecule has 136 valence electrons. The fourth-order valence-corrected chi connectivity index (χ4v) is 4.08. The van der Waals surface area contributed by atoms with E-state index in [2.05, 4.69) is 14.7 Å². The van der Waals surface area contributed by atoms with Crippen LogP contribution in [-0.2, 0) is 10.0 Å². The molecule has 0 radical (unpaired) electrons. The maximum absolute atomic E-state index is 12.8. The molecule has 27 heavy (non-hydrogen) atoms. The van der Waals surface area contributed by atoms with Crippen molar-refractivity contribution < 1.29 is 8.42 Å². The molecule has 3 aromatic rings. The minimum absolute atomic E-state index is 0.0664. The van der Waals surface area contributed by atoms with Crippen LogP contribution in [0.3, 0.4) is 0 Å². The van der Waals surface area contributed by atoms with Crippen molar-refractivity contribution in [2.45, 2.75) is 11.8 Å². The standard InChI is InChI=1S/C18H14ClN5O2S/c1-11-15(10-22-18(21)23-11)13-5-6-16(19)17(8-13)27(25,26)24-14-4-2-3-12(7-14)9-20/h2-8,10,24H,1H3,(H2,21,22,23). The van der Waals surface area contributed by atoms with Crippen molar-refractivity contribution in [3.8, 4) is 17.2 Å². The number of sulfonamides is 1. The Kier molecular flexibility index (Phi) is 4.99. The van der Waals surface area contributed by atoms with Crippen LogP contribution in [0.25, 0.3) is 11.1 Å². The van der Waals surface area contributed by atoms with E-state index >= 15 is 0 Å². The average Bonchev–Trinajstić information content (AvgIpc) is 2.62. The van der Waals surface area contributed by atoms with E-state index in [9.17, 15) is 8.42 Å². The van der Waals surface area contributed by atoms with Crippen LogP contribution >= 0.6 is 11.6 Å². The summed E-state index contributed by atoms with van der Waals surface area (Å²) in [5, 5.41) is 9.03. The normalized spacial score (nSPS) is 11.0. The Morgan fingerprint density at radius 3 is 2.70 bits per heavy atom. The smallest absolute Gasteiger partial charge is 0.263 e. The number of nitriles is 1. The van der Waals surface area contributed by atoms with Gasteiger partial charge < -0.3 is 5.73 Å². The van der Waals surface area contributed by atoms with Crippen LogP contribution in [0.4, 0.5) is 11.6 Å². The number of anilines is 2. The first-order valence-electron chi connectivity index (χ1n) is 7.72. The predicted octanol–water partition coefficient (Wildman–Crippen LogP) is 3.36. The highest BCUT2D eigenvalue weighted by atomic mass is 35.5. The molecule has 0 unspecified atom stereocenters. The third kappa shape index (κ3) is 4.00. The summed E-state index contributed by atoms with van der Waals surface area (Å²) in [6, 6.07) is 12.7. The Balaban J connectivity index is 2.03. The molecular weight excluding hydrogens is 386 g/mol. The quantitative estimate of drug-likeness (QED) is 0.693. The summed E-state index contributed by atoms with van der Waals surface area (Å²) in [6.45, 7) is 1.75. The van der Waals surface area contributed by atoms with Crippen molar-refractivity contribution in [3.05, 3.63) is 64.9 Å². The number of nitrogens with two attached hydrogens (primary N) is 1. The minimum Gasteiger partial charge on any atom is -0.368 e. The monoisotopic (exact) mass is 399 g/mol. The second-order valence-electron chi connectivity index (χ2n) is 5.67. The lowest BCUT2D eigenvalue weighted by Crippen LogP contribution is -2.13. The van der Waals surface area contributed by atoms with Gasteiger partial charge in [-0.15, -0.1) is 0 Å². The molecule has 2 aromatic carbocycles. The topological polar surface area (TPSA) is 122 Å². The van der Waals surface area contributed by atoms with Gasteiger partial charge in [-0.3, -0.25) is 4.72 Å². The molecule has 0 bridgehead atoms. The van der Waals surface area contributed by atoms with Gasteiger partial charge >= 0.3 is 0 Å². The van der Waals surface area contributed by atoms with E-state index in [4.69, 9.17) is 22.6 Å². The maximum atomic E-state index is 12.8. The van der Waals surface area contributed by atoms with Gasteiger partial charge in [0.1, 0.15) is 4.90 Å². The minimum atomic E-state index is -3.98. The Morgan fingerprint density at radius 2 is 2.00 bits per heavy atom. The van der Waals surface area contributed by atoms with E-state index < -0.39 is 10.0 Å². The van der Waals surface area contributed by atoms with Crippen molar-refractivity contribution in [3.63, 3.8) is 0 Å². The van der Waals surface area contributed by atoms with Crippen LogP contribution in [0, 0.1) is 18.3 Å². The summed E-state index contributed by atoms with van der Waals surface area (Å²) in [5.74, 6) is 0.136. The lowest BCUT2D eigenvalue weighted by molar-refractivity contribution is 0.601. The fourth-order valence-electron chi connectivity index (χ4n) is 2.51. The van der Waals surface area contributed by atoms with Crippen molar-refractivity contribution >= 4 is 33.3 Å². The lowest BCUT2D eigenvalue weighted by atomic mass is 10.1. The number of hydrogen-bond acceptors (Lipinski definition) is 6. The zero-order valence-corrected chi connectivity index (χ0v) is 15.7. The molecule has 9 heteroatoms. The number of benzene rings is 2.